The molecule has 0 aliphatic rings. The van der Waals surface area contributed by atoms with E-state index in [9.17, 15) is 26.0 Å². The quantitative estimate of drug-likeness (QED) is 0.476. The molecule has 0 heterocycles. The fourth-order valence-corrected chi connectivity index (χ4v) is 3.23. The van der Waals surface area contributed by atoms with E-state index in [1.54, 1.807) is 30.3 Å². The minimum absolute atomic E-state index is 0.260. The molecule has 0 aromatic heterocycles. The topological polar surface area (TPSA) is 55.4 Å². The molecule has 0 amide bonds. The summed E-state index contributed by atoms with van der Waals surface area (Å²) in [6.07, 6.45) is -0.804. The normalized spacial score (nSPS) is 11.8. The fraction of sp³-hybridized carbons (Fsp3) is 0.250. The number of benzene rings is 2. The molecule has 0 unspecified atom stereocenters. The summed E-state index contributed by atoms with van der Waals surface area (Å²) >= 11 is 0. The van der Waals surface area contributed by atoms with E-state index in [0.29, 0.717) is 5.56 Å². The second-order valence-corrected chi connectivity index (χ2v) is 7.09. The van der Waals surface area contributed by atoms with Crippen molar-refractivity contribution in [3.05, 3.63) is 59.2 Å². The van der Waals surface area contributed by atoms with Gasteiger partial charge in [-0.15, -0.1) is 0 Å². The van der Waals surface area contributed by atoms with Gasteiger partial charge in [-0.05, 0) is 19.4 Å². The third kappa shape index (κ3) is 4.10. The van der Waals surface area contributed by atoms with Crippen LogP contribution in [0.4, 0.5) is 17.6 Å². The second-order valence-electron chi connectivity index (χ2n) is 5.39. The Bertz CT molecular complexity index is 871. The molecule has 136 valence electrons. The van der Waals surface area contributed by atoms with E-state index in [2.05, 4.69) is 0 Å². The first-order chi connectivity index (χ1) is 11.6. The summed E-state index contributed by atoms with van der Waals surface area (Å²) in [4.78, 5) is -1.41. The lowest BCUT2D eigenvalue weighted by molar-refractivity contribution is 0.214. The predicted octanol–water partition coefficient (Wildman–Crippen LogP) is 3.51. The van der Waals surface area contributed by atoms with Crippen LogP contribution in [0.3, 0.4) is 0 Å². The van der Waals surface area contributed by atoms with Crippen molar-refractivity contribution in [2.24, 2.45) is 0 Å². The summed E-state index contributed by atoms with van der Waals surface area (Å²) in [5.74, 6) is -9.53. The summed E-state index contributed by atoms with van der Waals surface area (Å²) in [5, 5.41) is 0. The summed E-state index contributed by atoms with van der Waals surface area (Å²) in [7, 11) is -4.72. The van der Waals surface area contributed by atoms with Crippen molar-refractivity contribution in [2.75, 3.05) is 0 Å². The van der Waals surface area contributed by atoms with Crippen LogP contribution in [0.2, 0.25) is 0 Å². The van der Waals surface area contributed by atoms with Crippen molar-refractivity contribution < 1.29 is 30.7 Å². The first-order valence-corrected chi connectivity index (χ1v) is 8.69. The zero-order chi connectivity index (χ0) is 18.8. The monoisotopic (exact) mass is 377 g/mol. The van der Waals surface area contributed by atoms with E-state index < -0.39 is 50.0 Å². The molecule has 2 aromatic rings. The standard InChI is InChI=1S/C16H15F4NO3S/c1-9(2)24-15-13(19)11(17)12(18)14(20)16(15)25(22,23)21-8-10-6-4-3-5-7-10/h3-7,9,21H,8H2,1-2H3. The lowest BCUT2D eigenvalue weighted by Crippen LogP contribution is -2.27. The zero-order valence-corrected chi connectivity index (χ0v) is 14.1. The van der Waals surface area contributed by atoms with Crippen LogP contribution in [0.5, 0.6) is 5.75 Å². The largest absolute Gasteiger partial charge is 0.486 e. The van der Waals surface area contributed by atoms with E-state index in [1.807, 2.05) is 4.72 Å². The molecule has 0 bridgehead atoms. The number of hydrogen-bond donors (Lipinski definition) is 1. The number of sulfonamides is 1. The summed E-state index contributed by atoms with van der Waals surface area (Å²) in [5.41, 5.74) is 0.529. The Morgan fingerprint density at radius 3 is 2.08 bits per heavy atom. The third-order valence-electron chi connectivity index (χ3n) is 3.11. The van der Waals surface area contributed by atoms with Crippen LogP contribution in [0.15, 0.2) is 35.2 Å². The van der Waals surface area contributed by atoms with E-state index in [-0.39, 0.29) is 6.54 Å². The van der Waals surface area contributed by atoms with Crippen LogP contribution in [0.1, 0.15) is 19.4 Å². The molecular weight excluding hydrogens is 362 g/mol. The molecule has 2 rings (SSSR count). The van der Waals surface area contributed by atoms with Crippen LogP contribution in [-0.4, -0.2) is 14.5 Å². The van der Waals surface area contributed by atoms with Crippen molar-refractivity contribution in [2.45, 2.75) is 31.4 Å². The summed E-state index contributed by atoms with van der Waals surface area (Å²) in [6.45, 7) is 2.53. The van der Waals surface area contributed by atoms with Gasteiger partial charge < -0.3 is 4.74 Å². The lowest BCUT2D eigenvalue weighted by Gasteiger charge is -2.17. The van der Waals surface area contributed by atoms with Crippen LogP contribution in [-0.2, 0) is 16.6 Å². The van der Waals surface area contributed by atoms with Crippen molar-refractivity contribution in [3.8, 4) is 5.75 Å². The maximum absolute atomic E-state index is 14.1. The van der Waals surface area contributed by atoms with Gasteiger partial charge in [-0.1, -0.05) is 30.3 Å². The van der Waals surface area contributed by atoms with Gasteiger partial charge in [-0.3, -0.25) is 0 Å². The zero-order valence-electron chi connectivity index (χ0n) is 13.3. The molecular formula is C16H15F4NO3S. The third-order valence-corrected chi connectivity index (χ3v) is 4.54. The van der Waals surface area contributed by atoms with Crippen molar-refractivity contribution >= 4 is 10.0 Å². The highest BCUT2D eigenvalue weighted by atomic mass is 32.2. The molecule has 1 N–H and O–H groups in total. The Kier molecular flexibility index (Phi) is 5.69. The smallest absolute Gasteiger partial charge is 0.247 e. The number of ether oxygens (including phenoxy) is 1. The molecule has 25 heavy (non-hydrogen) atoms. The van der Waals surface area contributed by atoms with Crippen molar-refractivity contribution in [1.82, 2.24) is 4.72 Å². The molecule has 0 atom stereocenters. The Morgan fingerprint density at radius 1 is 0.960 bits per heavy atom. The van der Waals surface area contributed by atoms with Gasteiger partial charge >= 0.3 is 0 Å². The number of rotatable bonds is 6. The van der Waals surface area contributed by atoms with E-state index >= 15 is 0 Å². The molecule has 0 aliphatic heterocycles. The van der Waals surface area contributed by atoms with Gasteiger partial charge in [0.25, 0.3) is 0 Å². The van der Waals surface area contributed by atoms with Crippen LogP contribution < -0.4 is 9.46 Å². The van der Waals surface area contributed by atoms with Gasteiger partial charge in [0.2, 0.25) is 21.7 Å². The van der Waals surface area contributed by atoms with Gasteiger partial charge in [-0.2, -0.15) is 4.39 Å². The van der Waals surface area contributed by atoms with Crippen molar-refractivity contribution in [1.29, 1.82) is 0 Å². The minimum atomic E-state index is -4.72. The van der Waals surface area contributed by atoms with Gasteiger partial charge in [0.15, 0.2) is 22.3 Å². The first-order valence-electron chi connectivity index (χ1n) is 7.21. The molecule has 0 saturated heterocycles. The number of halogens is 4. The SMILES string of the molecule is CC(C)Oc1c(F)c(F)c(F)c(F)c1S(=O)(=O)NCc1ccccc1. The number of hydrogen-bond acceptors (Lipinski definition) is 3. The summed E-state index contributed by atoms with van der Waals surface area (Å²) in [6, 6.07) is 8.19. The van der Waals surface area contributed by atoms with E-state index in [1.165, 1.54) is 13.8 Å². The van der Waals surface area contributed by atoms with Gasteiger partial charge in [0.1, 0.15) is 0 Å². The highest BCUT2D eigenvalue weighted by Gasteiger charge is 2.34. The Labute approximate surface area is 142 Å². The molecule has 0 radical (unpaired) electrons. The average Bonchev–Trinajstić information content (AvgIpc) is 2.56. The average molecular weight is 377 g/mol. The minimum Gasteiger partial charge on any atom is -0.486 e. The molecule has 0 aliphatic carbocycles. The second kappa shape index (κ2) is 7.40. The maximum Gasteiger partial charge on any atom is 0.247 e. The number of nitrogens with one attached hydrogen (secondary N) is 1. The predicted molar refractivity (Wildman–Crippen MR) is 82.5 cm³/mol. The van der Waals surface area contributed by atoms with E-state index in [0.717, 1.165) is 0 Å². The Morgan fingerprint density at radius 2 is 1.52 bits per heavy atom. The highest BCUT2D eigenvalue weighted by molar-refractivity contribution is 7.89. The Hall–Kier alpha value is -2.13. The molecule has 0 fully saturated rings. The molecule has 2 aromatic carbocycles. The molecule has 9 heteroatoms. The lowest BCUT2D eigenvalue weighted by atomic mass is 10.2. The van der Waals surface area contributed by atoms with Gasteiger partial charge in [0, 0.05) is 6.54 Å². The van der Waals surface area contributed by atoms with Crippen LogP contribution >= 0.6 is 0 Å². The summed E-state index contributed by atoms with van der Waals surface area (Å²) < 4.78 is 86.6. The molecule has 0 saturated carbocycles. The van der Waals surface area contributed by atoms with Crippen LogP contribution in [0.25, 0.3) is 0 Å². The van der Waals surface area contributed by atoms with Gasteiger partial charge in [-0.25, -0.2) is 26.3 Å². The molecule has 4 nitrogen and oxygen atoms in total. The first kappa shape index (κ1) is 19.2. The Balaban J connectivity index is 2.51. The molecule has 0 spiro atoms. The van der Waals surface area contributed by atoms with Crippen molar-refractivity contribution in [3.63, 3.8) is 0 Å². The fourth-order valence-electron chi connectivity index (χ4n) is 2.02. The highest BCUT2D eigenvalue weighted by Crippen LogP contribution is 2.34. The van der Waals surface area contributed by atoms with E-state index in [4.69, 9.17) is 4.74 Å². The van der Waals surface area contributed by atoms with Crippen LogP contribution in [0, 0.1) is 23.3 Å². The maximum atomic E-state index is 14.1. The van der Waals surface area contributed by atoms with Gasteiger partial charge in [0.05, 0.1) is 6.10 Å².